The van der Waals surface area contributed by atoms with Crippen LogP contribution in [-0.4, -0.2) is 19.8 Å². The quantitative estimate of drug-likeness (QED) is 0.591. The van der Waals surface area contributed by atoms with Gasteiger partial charge in [-0.15, -0.1) is 0 Å². The molecule has 1 aromatic carbocycles. The number of aromatic carboxylic acids is 1. The second kappa shape index (κ2) is 5.20. The average Bonchev–Trinajstić information content (AvgIpc) is 2.03. The van der Waals surface area contributed by atoms with Gasteiger partial charge >= 0.3 is 35.5 Å². The van der Waals surface area contributed by atoms with Gasteiger partial charge in [0.1, 0.15) is 0 Å². The molecule has 1 rings (SSSR count). The number of carbonyl (C=O) groups is 1. The molecule has 0 fully saturated rings. The molecule has 14 heavy (non-hydrogen) atoms. The maximum Gasteiger partial charge on any atom is 1.00 e. The Morgan fingerprint density at radius 3 is 2.29 bits per heavy atom. The summed E-state index contributed by atoms with van der Waals surface area (Å²) in [5.74, 6) is -1.26. The van der Waals surface area contributed by atoms with Gasteiger partial charge in [0.15, 0.2) is 8.77 Å². The molecule has 4 nitrogen and oxygen atoms in total. The standard InChI is InChI=1S/C7H6O4S2.Na.H/c8-7(9)5-3-1-2-4-6(5)13(10,11)12;;/h1-4H,(H,8,9)(H,10,11,12);;/q;+1;-1. The largest absolute Gasteiger partial charge is 1.00 e. The minimum Gasteiger partial charge on any atom is -1.00 e. The van der Waals surface area contributed by atoms with Crippen molar-refractivity contribution in [2.75, 3.05) is 0 Å². The first-order valence-corrected chi connectivity index (χ1v) is 5.67. The zero-order valence-electron chi connectivity index (χ0n) is 8.34. The summed E-state index contributed by atoms with van der Waals surface area (Å²) >= 11 is 4.28. The summed E-state index contributed by atoms with van der Waals surface area (Å²) in [5, 5.41) is 8.65. The average molecular weight is 242 g/mol. The van der Waals surface area contributed by atoms with E-state index in [9.17, 15) is 9.00 Å². The second-order valence-corrected chi connectivity index (χ2v) is 5.02. The summed E-state index contributed by atoms with van der Waals surface area (Å²) < 4.78 is 20.0. The number of rotatable bonds is 2. The molecule has 1 atom stereocenters. The van der Waals surface area contributed by atoms with Crippen molar-refractivity contribution in [3.05, 3.63) is 29.8 Å². The molecule has 0 saturated carbocycles. The van der Waals surface area contributed by atoms with E-state index in [-0.39, 0.29) is 41.4 Å². The van der Waals surface area contributed by atoms with Crippen molar-refractivity contribution in [2.45, 2.75) is 4.90 Å². The van der Waals surface area contributed by atoms with E-state index in [2.05, 4.69) is 11.2 Å². The van der Waals surface area contributed by atoms with E-state index < -0.39 is 14.7 Å². The molecule has 0 radical (unpaired) electrons. The second-order valence-electron chi connectivity index (χ2n) is 2.28. The molecular weight excluding hydrogens is 235 g/mol. The third kappa shape index (κ3) is 3.30. The van der Waals surface area contributed by atoms with Gasteiger partial charge in [-0.3, -0.25) is 0 Å². The van der Waals surface area contributed by atoms with Crippen LogP contribution in [0.15, 0.2) is 29.2 Å². The van der Waals surface area contributed by atoms with Gasteiger partial charge in [0, 0.05) is 11.2 Å². The Balaban J connectivity index is 0. The molecule has 72 valence electrons. The predicted octanol–water partition coefficient (Wildman–Crippen LogP) is -1.92. The van der Waals surface area contributed by atoms with Gasteiger partial charge < -0.3 is 11.1 Å². The van der Waals surface area contributed by atoms with Crippen LogP contribution >= 0.6 is 0 Å². The first kappa shape index (κ1) is 14.0. The SMILES string of the molecule is O=C(O)c1ccccc1S(=O)(O)=S.[H-].[Na+]. The van der Waals surface area contributed by atoms with Crippen molar-refractivity contribution in [1.82, 2.24) is 0 Å². The van der Waals surface area contributed by atoms with E-state index in [4.69, 9.17) is 9.66 Å². The molecule has 7 heteroatoms. The third-order valence-corrected chi connectivity index (χ3v) is 2.85. The van der Waals surface area contributed by atoms with Crippen molar-refractivity contribution in [3.8, 4) is 0 Å². The number of benzene rings is 1. The van der Waals surface area contributed by atoms with Gasteiger partial charge in [-0.1, -0.05) is 12.1 Å². The normalized spacial score (nSPS) is 13.8. The van der Waals surface area contributed by atoms with Crippen LogP contribution in [0.25, 0.3) is 0 Å². The summed E-state index contributed by atoms with van der Waals surface area (Å²) in [7, 11) is -3.63. The van der Waals surface area contributed by atoms with E-state index in [0.717, 1.165) is 0 Å². The molecule has 0 saturated heterocycles. The topological polar surface area (TPSA) is 74.6 Å². The van der Waals surface area contributed by atoms with Crippen LogP contribution < -0.4 is 29.6 Å². The van der Waals surface area contributed by atoms with Gasteiger partial charge in [-0.25, -0.2) is 9.00 Å². The smallest absolute Gasteiger partial charge is 1.00 e. The monoisotopic (exact) mass is 242 g/mol. The van der Waals surface area contributed by atoms with Crippen molar-refractivity contribution >= 4 is 25.9 Å². The van der Waals surface area contributed by atoms with Crippen LogP contribution in [0.4, 0.5) is 0 Å². The number of carboxylic acids is 1. The molecular formula is C7H7NaO4S2. The molecule has 0 aliphatic heterocycles. The van der Waals surface area contributed by atoms with Crippen molar-refractivity contribution in [1.29, 1.82) is 0 Å². The minimum atomic E-state index is -3.63. The van der Waals surface area contributed by atoms with Crippen molar-refractivity contribution in [3.63, 3.8) is 0 Å². The molecule has 0 spiro atoms. The van der Waals surface area contributed by atoms with E-state index in [1.54, 1.807) is 0 Å². The maximum absolute atomic E-state index is 11.0. The number of hydrogen-bond donors (Lipinski definition) is 2. The molecule has 0 bridgehead atoms. The minimum absolute atomic E-state index is 0. The Morgan fingerprint density at radius 2 is 1.93 bits per heavy atom. The van der Waals surface area contributed by atoms with Gasteiger partial charge in [-0.2, -0.15) is 0 Å². The fraction of sp³-hybridized carbons (Fsp3) is 0. The van der Waals surface area contributed by atoms with E-state index in [0.29, 0.717) is 0 Å². The number of carboxylic acid groups (broad SMARTS) is 1. The first-order valence-electron chi connectivity index (χ1n) is 3.23. The van der Waals surface area contributed by atoms with Crippen LogP contribution in [0.5, 0.6) is 0 Å². The fourth-order valence-corrected chi connectivity index (χ4v) is 1.99. The molecule has 0 aromatic heterocycles. The Labute approximate surface area is 110 Å². The molecule has 0 aliphatic rings. The maximum atomic E-state index is 11.0. The van der Waals surface area contributed by atoms with Crippen LogP contribution in [-0.2, 0) is 20.0 Å². The third-order valence-electron chi connectivity index (χ3n) is 1.40. The molecule has 1 unspecified atom stereocenters. The Kier molecular flexibility index (Phi) is 5.21. The van der Waals surface area contributed by atoms with Crippen LogP contribution in [0.2, 0.25) is 0 Å². The van der Waals surface area contributed by atoms with Gasteiger partial charge in [0.2, 0.25) is 0 Å². The zero-order valence-corrected chi connectivity index (χ0v) is 11.0. The van der Waals surface area contributed by atoms with Crippen LogP contribution in [0.3, 0.4) is 0 Å². The van der Waals surface area contributed by atoms with Crippen LogP contribution in [0, 0.1) is 0 Å². The fourth-order valence-electron chi connectivity index (χ4n) is 0.868. The predicted molar refractivity (Wildman–Crippen MR) is 50.9 cm³/mol. The van der Waals surface area contributed by atoms with Crippen molar-refractivity contribution < 1.29 is 49.6 Å². The van der Waals surface area contributed by atoms with Crippen molar-refractivity contribution in [2.24, 2.45) is 0 Å². The van der Waals surface area contributed by atoms with E-state index in [1.807, 2.05) is 0 Å². The van der Waals surface area contributed by atoms with Gasteiger partial charge in [0.05, 0.1) is 10.5 Å². The molecule has 1 aromatic rings. The first-order chi connectivity index (χ1) is 5.93. The number of hydrogen-bond acceptors (Lipinski definition) is 3. The summed E-state index contributed by atoms with van der Waals surface area (Å²) in [4.78, 5) is 10.4. The van der Waals surface area contributed by atoms with Gasteiger partial charge in [0.25, 0.3) is 0 Å². The molecule has 0 heterocycles. The van der Waals surface area contributed by atoms with E-state index in [1.165, 1.54) is 24.3 Å². The Hall–Kier alpha value is 0.0200. The zero-order chi connectivity index (χ0) is 10.1. The molecule has 0 amide bonds. The summed E-state index contributed by atoms with van der Waals surface area (Å²) in [6, 6.07) is 5.40. The Bertz CT molecular complexity index is 446. The summed E-state index contributed by atoms with van der Waals surface area (Å²) in [5.41, 5.74) is -0.231. The summed E-state index contributed by atoms with van der Waals surface area (Å²) in [6.07, 6.45) is 0. The summed E-state index contributed by atoms with van der Waals surface area (Å²) in [6.45, 7) is 0. The van der Waals surface area contributed by atoms with E-state index >= 15 is 0 Å². The molecule has 2 N–H and O–H groups in total. The van der Waals surface area contributed by atoms with Gasteiger partial charge in [-0.05, 0) is 12.1 Å². The Morgan fingerprint density at radius 1 is 1.43 bits per heavy atom. The molecule has 0 aliphatic carbocycles. The van der Waals surface area contributed by atoms with Crippen LogP contribution in [0.1, 0.15) is 11.8 Å².